The van der Waals surface area contributed by atoms with Gasteiger partial charge in [-0.1, -0.05) is 15.9 Å². The summed E-state index contributed by atoms with van der Waals surface area (Å²) in [5, 5.41) is 12.2. The van der Waals surface area contributed by atoms with Crippen molar-refractivity contribution in [1.29, 1.82) is 0 Å². The summed E-state index contributed by atoms with van der Waals surface area (Å²) in [6, 6.07) is 9.93. The molecule has 2 aromatic rings. The van der Waals surface area contributed by atoms with Crippen LogP contribution in [0.15, 0.2) is 40.9 Å². The normalized spacial score (nSPS) is 10.2. The van der Waals surface area contributed by atoms with Gasteiger partial charge < -0.3 is 16.2 Å². The molecule has 0 saturated heterocycles. The summed E-state index contributed by atoms with van der Waals surface area (Å²) in [7, 11) is 0. The molecule has 0 aromatic heterocycles. The van der Waals surface area contributed by atoms with E-state index in [0.29, 0.717) is 11.3 Å². The maximum Gasteiger partial charge on any atom is 0.255 e. The van der Waals surface area contributed by atoms with Crippen molar-refractivity contribution in [2.75, 3.05) is 11.1 Å². The highest BCUT2D eigenvalue weighted by molar-refractivity contribution is 9.10. The van der Waals surface area contributed by atoms with Crippen molar-refractivity contribution in [2.45, 2.75) is 6.92 Å². The van der Waals surface area contributed by atoms with Crippen LogP contribution >= 0.6 is 15.9 Å². The van der Waals surface area contributed by atoms with Crippen LogP contribution in [0.1, 0.15) is 15.9 Å². The summed E-state index contributed by atoms with van der Waals surface area (Å²) in [6.07, 6.45) is 0. The number of aryl methyl sites for hydroxylation is 1. The van der Waals surface area contributed by atoms with E-state index in [1.807, 2.05) is 19.1 Å². The molecule has 4 nitrogen and oxygen atoms in total. The molecule has 0 aliphatic rings. The van der Waals surface area contributed by atoms with E-state index in [-0.39, 0.29) is 17.3 Å². The van der Waals surface area contributed by atoms with Crippen LogP contribution in [0.3, 0.4) is 0 Å². The van der Waals surface area contributed by atoms with Gasteiger partial charge in [-0.15, -0.1) is 0 Å². The van der Waals surface area contributed by atoms with Crippen molar-refractivity contribution >= 4 is 33.2 Å². The maximum atomic E-state index is 12.0. The van der Waals surface area contributed by atoms with Gasteiger partial charge in [0, 0.05) is 15.7 Å². The highest BCUT2D eigenvalue weighted by Gasteiger charge is 2.09. The van der Waals surface area contributed by atoms with Gasteiger partial charge in [0.2, 0.25) is 0 Å². The predicted molar refractivity (Wildman–Crippen MR) is 79.4 cm³/mol. The second-order valence-corrected chi connectivity index (χ2v) is 5.05. The van der Waals surface area contributed by atoms with Crippen LogP contribution in [0, 0.1) is 6.92 Å². The number of nitrogens with one attached hydrogen (secondary N) is 1. The molecule has 5 heteroatoms. The molecule has 0 unspecified atom stereocenters. The van der Waals surface area contributed by atoms with Crippen LogP contribution in [0.25, 0.3) is 0 Å². The van der Waals surface area contributed by atoms with Gasteiger partial charge in [-0.2, -0.15) is 0 Å². The Hall–Kier alpha value is -2.01. The number of nitrogen functional groups attached to an aromatic ring is 1. The summed E-state index contributed by atoms with van der Waals surface area (Å²) < 4.78 is 0.982. The zero-order chi connectivity index (χ0) is 14.0. The zero-order valence-corrected chi connectivity index (χ0v) is 11.9. The molecule has 2 aromatic carbocycles. The van der Waals surface area contributed by atoms with Gasteiger partial charge in [0.25, 0.3) is 5.91 Å². The van der Waals surface area contributed by atoms with Crippen molar-refractivity contribution in [3.63, 3.8) is 0 Å². The zero-order valence-electron chi connectivity index (χ0n) is 10.3. The van der Waals surface area contributed by atoms with E-state index in [1.54, 1.807) is 12.1 Å². The number of carbonyl (C=O) groups excluding carboxylic acids is 1. The highest BCUT2D eigenvalue weighted by atomic mass is 79.9. The monoisotopic (exact) mass is 320 g/mol. The number of hydrogen-bond acceptors (Lipinski definition) is 3. The number of anilines is 2. The quantitative estimate of drug-likeness (QED) is 0.587. The Morgan fingerprint density at radius 3 is 2.63 bits per heavy atom. The molecular formula is C14H13BrN2O2. The van der Waals surface area contributed by atoms with Gasteiger partial charge in [0.15, 0.2) is 0 Å². The minimum atomic E-state index is -0.294. The van der Waals surface area contributed by atoms with Gasteiger partial charge in [-0.25, -0.2) is 0 Å². The molecule has 0 heterocycles. The molecule has 0 fully saturated rings. The lowest BCUT2D eigenvalue weighted by atomic mass is 10.1. The van der Waals surface area contributed by atoms with E-state index >= 15 is 0 Å². The van der Waals surface area contributed by atoms with E-state index in [2.05, 4.69) is 21.2 Å². The summed E-state index contributed by atoms with van der Waals surface area (Å²) in [6.45, 7) is 1.94. The molecule has 2 rings (SSSR count). The number of benzene rings is 2. The number of phenolic OH excluding ortho intramolecular Hbond substituents is 1. The minimum absolute atomic E-state index is 0.0976. The maximum absolute atomic E-state index is 12.0. The van der Waals surface area contributed by atoms with Gasteiger partial charge in [0.05, 0.1) is 5.69 Å². The Labute approximate surface area is 119 Å². The van der Waals surface area contributed by atoms with Crippen molar-refractivity contribution in [3.05, 3.63) is 52.0 Å². The summed E-state index contributed by atoms with van der Waals surface area (Å²) in [5.74, 6) is -0.392. The Bertz CT molecular complexity index is 641. The average Bonchev–Trinajstić information content (AvgIpc) is 2.37. The fourth-order valence-corrected chi connectivity index (χ4v) is 1.86. The number of hydrogen-bond donors (Lipinski definition) is 3. The third-order valence-corrected chi connectivity index (χ3v) is 3.60. The lowest BCUT2D eigenvalue weighted by Gasteiger charge is -2.08. The van der Waals surface area contributed by atoms with Crippen molar-refractivity contribution in [2.24, 2.45) is 0 Å². The third-order valence-electron chi connectivity index (χ3n) is 2.71. The Morgan fingerprint density at radius 2 is 2.00 bits per heavy atom. The van der Waals surface area contributed by atoms with Crippen LogP contribution in [0.2, 0.25) is 0 Å². The Kier molecular flexibility index (Phi) is 3.76. The third kappa shape index (κ3) is 3.06. The summed E-state index contributed by atoms with van der Waals surface area (Å²) in [4.78, 5) is 12.0. The molecule has 19 heavy (non-hydrogen) atoms. The number of carbonyl (C=O) groups is 1. The Balaban J connectivity index is 2.20. The van der Waals surface area contributed by atoms with Gasteiger partial charge >= 0.3 is 0 Å². The lowest BCUT2D eigenvalue weighted by molar-refractivity contribution is 0.102. The molecule has 0 aliphatic carbocycles. The van der Waals surface area contributed by atoms with Crippen LogP contribution in [-0.4, -0.2) is 11.0 Å². The first-order chi connectivity index (χ1) is 8.97. The second-order valence-electron chi connectivity index (χ2n) is 4.19. The predicted octanol–water partition coefficient (Wildman–Crippen LogP) is 3.30. The van der Waals surface area contributed by atoms with Crippen LogP contribution in [-0.2, 0) is 0 Å². The molecule has 4 N–H and O–H groups in total. The number of rotatable bonds is 2. The minimum Gasteiger partial charge on any atom is -0.506 e. The number of halogens is 1. The standard InChI is InChI=1S/C14H13BrN2O2/c1-8-6-10(3-4-11(8)15)17-14(19)9-2-5-12(16)13(18)7-9/h2-7,18H,16H2,1H3,(H,17,19). The fourth-order valence-electron chi connectivity index (χ4n) is 1.61. The summed E-state index contributed by atoms with van der Waals surface area (Å²) in [5.41, 5.74) is 7.81. The molecule has 0 atom stereocenters. The highest BCUT2D eigenvalue weighted by Crippen LogP contribution is 2.23. The van der Waals surface area contributed by atoms with E-state index in [0.717, 1.165) is 10.0 Å². The Morgan fingerprint density at radius 1 is 1.26 bits per heavy atom. The molecule has 98 valence electrons. The molecule has 0 radical (unpaired) electrons. The topological polar surface area (TPSA) is 75.4 Å². The van der Waals surface area contributed by atoms with E-state index in [4.69, 9.17) is 5.73 Å². The lowest BCUT2D eigenvalue weighted by Crippen LogP contribution is -2.12. The summed E-state index contributed by atoms with van der Waals surface area (Å²) >= 11 is 3.40. The van der Waals surface area contributed by atoms with Crippen molar-refractivity contribution in [3.8, 4) is 5.75 Å². The first-order valence-electron chi connectivity index (χ1n) is 5.63. The number of nitrogens with two attached hydrogens (primary N) is 1. The SMILES string of the molecule is Cc1cc(NC(=O)c2ccc(N)c(O)c2)ccc1Br. The number of phenols is 1. The fraction of sp³-hybridized carbons (Fsp3) is 0.0714. The first-order valence-corrected chi connectivity index (χ1v) is 6.42. The van der Waals surface area contributed by atoms with Crippen LogP contribution in [0.4, 0.5) is 11.4 Å². The van der Waals surface area contributed by atoms with E-state index in [9.17, 15) is 9.90 Å². The van der Waals surface area contributed by atoms with Gasteiger partial charge in [-0.05, 0) is 48.9 Å². The van der Waals surface area contributed by atoms with Crippen LogP contribution < -0.4 is 11.1 Å². The van der Waals surface area contributed by atoms with Crippen molar-refractivity contribution in [1.82, 2.24) is 0 Å². The number of amides is 1. The van der Waals surface area contributed by atoms with E-state index in [1.165, 1.54) is 12.1 Å². The first kappa shape index (κ1) is 13.4. The smallest absolute Gasteiger partial charge is 0.255 e. The van der Waals surface area contributed by atoms with Gasteiger partial charge in [-0.3, -0.25) is 4.79 Å². The molecule has 1 amide bonds. The van der Waals surface area contributed by atoms with E-state index < -0.39 is 0 Å². The largest absolute Gasteiger partial charge is 0.506 e. The molecule has 0 aliphatic heterocycles. The number of aromatic hydroxyl groups is 1. The molecule has 0 bridgehead atoms. The molecule has 0 saturated carbocycles. The average molecular weight is 321 g/mol. The van der Waals surface area contributed by atoms with Crippen LogP contribution in [0.5, 0.6) is 5.75 Å². The van der Waals surface area contributed by atoms with Gasteiger partial charge in [0.1, 0.15) is 5.75 Å². The second kappa shape index (κ2) is 5.32. The molecular weight excluding hydrogens is 308 g/mol. The van der Waals surface area contributed by atoms with Crippen molar-refractivity contribution < 1.29 is 9.90 Å². The molecule has 0 spiro atoms.